The fraction of sp³-hybridized carbons (Fsp3) is 0.500. The van der Waals surface area contributed by atoms with Crippen molar-refractivity contribution in [2.75, 3.05) is 0 Å². The van der Waals surface area contributed by atoms with Crippen LogP contribution >= 0.6 is 11.3 Å². The Morgan fingerprint density at radius 1 is 1.23 bits per heavy atom. The molecule has 2 bridgehead atoms. The molecule has 22 heavy (non-hydrogen) atoms. The van der Waals surface area contributed by atoms with E-state index in [2.05, 4.69) is 11.4 Å². The number of carbonyl (C=O) groups excluding carboxylic acids is 1. The maximum atomic E-state index is 13.1. The van der Waals surface area contributed by atoms with Gasteiger partial charge < -0.3 is 9.32 Å². The van der Waals surface area contributed by atoms with Crippen LogP contribution < -0.4 is 0 Å². The molecular weight excluding hydrogens is 294 g/mol. The van der Waals surface area contributed by atoms with Crippen molar-refractivity contribution in [3.8, 4) is 0 Å². The Hall–Kier alpha value is -1.55. The minimum absolute atomic E-state index is 0.244. The Kier molecular flexibility index (Phi) is 3.78. The SMILES string of the molecule is O=C(C1CC2CCC1C2)N(Cc1ccco1)Cc1cccs1. The topological polar surface area (TPSA) is 33.5 Å². The minimum Gasteiger partial charge on any atom is -0.467 e. The van der Waals surface area contributed by atoms with Crippen LogP contribution in [0.25, 0.3) is 0 Å². The van der Waals surface area contributed by atoms with Crippen LogP contribution in [0.5, 0.6) is 0 Å². The summed E-state index contributed by atoms with van der Waals surface area (Å²) in [6.45, 7) is 1.28. The number of hydrogen-bond acceptors (Lipinski definition) is 3. The molecule has 2 saturated carbocycles. The summed E-state index contributed by atoms with van der Waals surface area (Å²) in [7, 11) is 0. The maximum absolute atomic E-state index is 13.1. The van der Waals surface area contributed by atoms with E-state index in [9.17, 15) is 4.79 Å². The van der Waals surface area contributed by atoms with E-state index in [1.54, 1.807) is 17.6 Å². The summed E-state index contributed by atoms with van der Waals surface area (Å²) in [5.41, 5.74) is 0. The van der Waals surface area contributed by atoms with Crippen LogP contribution in [0.3, 0.4) is 0 Å². The molecule has 0 aliphatic heterocycles. The van der Waals surface area contributed by atoms with E-state index in [1.165, 1.54) is 24.1 Å². The van der Waals surface area contributed by atoms with Gasteiger partial charge in [-0.15, -0.1) is 11.3 Å². The highest BCUT2D eigenvalue weighted by atomic mass is 32.1. The number of amides is 1. The van der Waals surface area contributed by atoms with Crippen molar-refractivity contribution in [3.63, 3.8) is 0 Å². The van der Waals surface area contributed by atoms with Gasteiger partial charge in [0.15, 0.2) is 0 Å². The monoisotopic (exact) mass is 315 g/mol. The molecule has 0 aromatic carbocycles. The fourth-order valence-electron chi connectivity index (χ4n) is 4.17. The normalized spacial score (nSPS) is 26.5. The quantitative estimate of drug-likeness (QED) is 0.824. The molecule has 4 heteroatoms. The minimum atomic E-state index is 0.244. The number of carbonyl (C=O) groups is 1. The summed E-state index contributed by atoms with van der Waals surface area (Å²) in [5.74, 6) is 2.87. The second-order valence-electron chi connectivity index (χ2n) is 6.63. The highest BCUT2D eigenvalue weighted by molar-refractivity contribution is 7.09. The predicted octanol–water partition coefficient (Wildman–Crippen LogP) is 4.31. The van der Waals surface area contributed by atoms with Crippen molar-refractivity contribution in [3.05, 3.63) is 46.5 Å². The van der Waals surface area contributed by atoms with E-state index in [0.29, 0.717) is 24.9 Å². The molecule has 3 nitrogen and oxygen atoms in total. The molecule has 2 aromatic heterocycles. The average Bonchev–Trinajstić information content (AvgIpc) is 3.30. The fourth-order valence-corrected chi connectivity index (χ4v) is 4.89. The second-order valence-corrected chi connectivity index (χ2v) is 7.67. The summed E-state index contributed by atoms with van der Waals surface area (Å²) < 4.78 is 5.47. The molecule has 0 saturated heterocycles. The van der Waals surface area contributed by atoms with Crippen LogP contribution in [0, 0.1) is 17.8 Å². The first-order valence-electron chi connectivity index (χ1n) is 8.13. The lowest BCUT2D eigenvalue weighted by molar-refractivity contribution is -0.138. The first-order chi connectivity index (χ1) is 10.8. The summed E-state index contributed by atoms with van der Waals surface area (Å²) >= 11 is 1.71. The molecule has 2 fully saturated rings. The smallest absolute Gasteiger partial charge is 0.226 e. The third-order valence-corrected chi connectivity index (χ3v) is 6.08. The molecule has 0 spiro atoms. The van der Waals surface area contributed by atoms with Gasteiger partial charge in [-0.1, -0.05) is 12.5 Å². The molecule has 3 atom stereocenters. The van der Waals surface area contributed by atoms with E-state index < -0.39 is 0 Å². The van der Waals surface area contributed by atoms with E-state index in [0.717, 1.165) is 18.1 Å². The molecule has 0 N–H and O–H groups in total. The van der Waals surface area contributed by atoms with Crippen molar-refractivity contribution in [2.24, 2.45) is 17.8 Å². The van der Waals surface area contributed by atoms with Crippen molar-refractivity contribution >= 4 is 17.2 Å². The van der Waals surface area contributed by atoms with Gasteiger partial charge in [0.05, 0.1) is 19.4 Å². The van der Waals surface area contributed by atoms with E-state index in [-0.39, 0.29) is 5.92 Å². The second kappa shape index (κ2) is 5.92. The lowest BCUT2D eigenvalue weighted by Crippen LogP contribution is -2.37. The van der Waals surface area contributed by atoms with Gasteiger partial charge in [0.2, 0.25) is 5.91 Å². The van der Waals surface area contributed by atoms with Crippen molar-refractivity contribution in [1.29, 1.82) is 0 Å². The largest absolute Gasteiger partial charge is 0.467 e. The highest BCUT2D eigenvalue weighted by Crippen LogP contribution is 2.49. The zero-order valence-corrected chi connectivity index (χ0v) is 13.4. The Morgan fingerprint density at radius 2 is 2.18 bits per heavy atom. The lowest BCUT2D eigenvalue weighted by atomic mass is 9.87. The van der Waals surface area contributed by atoms with Crippen molar-refractivity contribution in [2.45, 2.75) is 38.8 Å². The Balaban J connectivity index is 1.52. The van der Waals surface area contributed by atoms with Gasteiger partial charge in [0.25, 0.3) is 0 Å². The molecule has 4 rings (SSSR count). The van der Waals surface area contributed by atoms with E-state index in [1.807, 2.05) is 23.1 Å². The van der Waals surface area contributed by atoms with Gasteiger partial charge in [-0.3, -0.25) is 4.79 Å². The van der Waals surface area contributed by atoms with Gasteiger partial charge in [0, 0.05) is 10.8 Å². The zero-order chi connectivity index (χ0) is 14.9. The van der Waals surface area contributed by atoms with Crippen LogP contribution in [-0.4, -0.2) is 10.8 Å². The molecule has 2 aliphatic rings. The number of nitrogens with zero attached hydrogens (tertiary/aromatic N) is 1. The number of hydrogen-bond donors (Lipinski definition) is 0. The van der Waals surface area contributed by atoms with Gasteiger partial charge in [-0.05, 0) is 54.7 Å². The number of thiophene rings is 1. The Morgan fingerprint density at radius 3 is 2.82 bits per heavy atom. The van der Waals surface area contributed by atoms with Gasteiger partial charge in [-0.25, -0.2) is 0 Å². The van der Waals surface area contributed by atoms with Crippen LogP contribution in [0.15, 0.2) is 40.3 Å². The molecule has 3 unspecified atom stereocenters. The first kappa shape index (κ1) is 14.1. The number of rotatable bonds is 5. The van der Waals surface area contributed by atoms with Crippen LogP contribution in [0.4, 0.5) is 0 Å². The molecule has 0 radical (unpaired) electrons. The predicted molar refractivity (Wildman–Crippen MR) is 86.2 cm³/mol. The maximum Gasteiger partial charge on any atom is 0.226 e. The van der Waals surface area contributed by atoms with E-state index >= 15 is 0 Å². The van der Waals surface area contributed by atoms with Gasteiger partial charge >= 0.3 is 0 Å². The molecule has 116 valence electrons. The zero-order valence-electron chi connectivity index (χ0n) is 12.6. The molecule has 1 amide bonds. The van der Waals surface area contributed by atoms with Crippen LogP contribution in [0.2, 0.25) is 0 Å². The average molecular weight is 315 g/mol. The van der Waals surface area contributed by atoms with Gasteiger partial charge in [0.1, 0.15) is 5.76 Å². The van der Waals surface area contributed by atoms with Gasteiger partial charge in [-0.2, -0.15) is 0 Å². The standard InChI is InChI=1S/C18H21NO2S/c20-18(17-10-13-5-6-14(17)9-13)19(11-15-3-1-7-21-15)12-16-4-2-8-22-16/h1-4,7-8,13-14,17H,5-6,9-12H2. The Bertz CT molecular complexity index is 583. The van der Waals surface area contributed by atoms with Crippen molar-refractivity contribution < 1.29 is 9.21 Å². The third-order valence-electron chi connectivity index (χ3n) is 5.22. The summed E-state index contributed by atoms with van der Waals surface area (Å²) in [6, 6.07) is 8.00. The van der Waals surface area contributed by atoms with E-state index in [4.69, 9.17) is 4.42 Å². The van der Waals surface area contributed by atoms with Crippen molar-refractivity contribution in [1.82, 2.24) is 4.90 Å². The Labute approximate surface area is 134 Å². The summed E-state index contributed by atoms with van der Waals surface area (Å²) in [5, 5.41) is 2.07. The molecule has 2 aromatic rings. The number of furan rings is 1. The molecule has 2 heterocycles. The highest BCUT2D eigenvalue weighted by Gasteiger charge is 2.44. The van der Waals surface area contributed by atoms with Crippen LogP contribution in [0.1, 0.15) is 36.3 Å². The molecule has 2 aliphatic carbocycles. The summed E-state index contributed by atoms with van der Waals surface area (Å²) in [6.07, 6.45) is 6.62. The summed E-state index contributed by atoms with van der Waals surface area (Å²) in [4.78, 5) is 16.3. The first-order valence-corrected chi connectivity index (χ1v) is 9.01. The third kappa shape index (κ3) is 2.72. The number of fused-ring (bicyclic) bond motifs is 2. The van der Waals surface area contributed by atoms with Crippen LogP contribution in [-0.2, 0) is 17.9 Å². The lowest BCUT2D eigenvalue weighted by Gasteiger charge is -2.28. The molecular formula is C18H21NO2S.